The third-order valence-corrected chi connectivity index (χ3v) is 5.48. The number of hydrogen-bond acceptors (Lipinski definition) is 6. The number of hydrogen-bond donors (Lipinski definition) is 3. The zero-order valence-corrected chi connectivity index (χ0v) is 20.6. The van der Waals surface area contributed by atoms with Crippen LogP contribution in [0.3, 0.4) is 0 Å². The van der Waals surface area contributed by atoms with Gasteiger partial charge in [-0.2, -0.15) is 10.1 Å². The topological polar surface area (TPSA) is 96.8 Å². The smallest absolute Gasteiger partial charge is 0.247 e. The first-order valence-corrected chi connectivity index (χ1v) is 11.4. The first kappa shape index (κ1) is 24.6. The van der Waals surface area contributed by atoms with Crippen LogP contribution in [-0.2, 0) is 17.3 Å². The lowest BCUT2D eigenvalue weighted by Gasteiger charge is -2.19. The molecule has 0 saturated heterocycles. The van der Waals surface area contributed by atoms with Gasteiger partial charge in [0.25, 0.3) is 0 Å². The highest BCUT2D eigenvalue weighted by Crippen LogP contribution is 2.33. The van der Waals surface area contributed by atoms with Crippen LogP contribution in [0.15, 0.2) is 73.7 Å². The van der Waals surface area contributed by atoms with Gasteiger partial charge in [-0.15, -0.1) is 0 Å². The molecule has 0 spiro atoms. The molecule has 0 aliphatic carbocycles. The Bertz CT molecular complexity index is 1400. The molecule has 9 heteroatoms. The first-order valence-electron chi connectivity index (χ1n) is 11.4. The molecule has 1 amide bonds. The number of nitrogens with one attached hydrogen (secondary N) is 3. The molecule has 36 heavy (non-hydrogen) atoms. The number of halogens is 1. The van der Waals surface area contributed by atoms with Crippen molar-refractivity contribution >= 4 is 34.7 Å². The van der Waals surface area contributed by atoms with Crippen LogP contribution in [0.2, 0.25) is 0 Å². The van der Waals surface area contributed by atoms with Crippen molar-refractivity contribution in [3.63, 3.8) is 0 Å². The van der Waals surface area contributed by atoms with E-state index in [4.69, 9.17) is 0 Å². The molecule has 0 aliphatic heterocycles. The molecule has 4 rings (SSSR count). The highest BCUT2D eigenvalue weighted by Gasteiger charge is 2.16. The maximum atomic E-state index is 14.8. The molecule has 0 radical (unpaired) electrons. The monoisotopic (exact) mass is 485 g/mol. The normalized spacial score (nSPS) is 11.1. The van der Waals surface area contributed by atoms with Gasteiger partial charge in [-0.1, -0.05) is 51.6 Å². The summed E-state index contributed by atoms with van der Waals surface area (Å²) in [7, 11) is 1.81. The van der Waals surface area contributed by atoms with Crippen molar-refractivity contribution in [1.29, 1.82) is 0 Å². The standard InChI is InChI=1S/C27H28FN7O/c1-6-24(36)31-19-11-12-22(28)23(13-19)33-25-21(17-7-9-18(10-8-17)27(2,3)4)15-29-26(34-25)32-20-14-30-35(5)16-20/h6-16H,1H2,2-5H3,(H,31,36)(H2,29,32,33,34). The predicted molar refractivity (Wildman–Crippen MR) is 141 cm³/mol. The highest BCUT2D eigenvalue weighted by molar-refractivity contribution is 5.99. The van der Waals surface area contributed by atoms with E-state index in [1.807, 2.05) is 19.2 Å². The summed E-state index contributed by atoms with van der Waals surface area (Å²) in [6.45, 7) is 9.90. The molecule has 2 aromatic carbocycles. The number of aryl methyl sites for hydroxylation is 1. The number of nitrogens with zero attached hydrogens (tertiary/aromatic N) is 4. The molecule has 2 aromatic heterocycles. The summed E-state index contributed by atoms with van der Waals surface area (Å²) in [5, 5.41) is 13.0. The summed E-state index contributed by atoms with van der Waals surface area (Å²) in [6.07, 6.45) is 6.28. The van der Waals surface area contributed by atoms with Crippen molar-refractivity contribution in [2.24, 2.45) is 7.05 Å². The largest absolute Gasteiger partial charge is 0.337 e. The van der Waals surface area contributed by atoms with E-state index < -0.39 is 11.7 Å². The Morgan fingerprint density at radius 1 is 1.06 bits per heavy atom. The zero-order valence-electron chi connectivity index (χ0n) is 20.6. The van der Waals surface area contributed by atoms with Crippen LogP contribution in [-0.4, -0.2) is 25.7 Å². The van der Waals surface area contributed by atoms with Gasteiger partial charge in [0.2, 0.25) is 11.9 Å². The summed E-state index contributed by atoms with van der Waals surface area (Å²) in [4.78, 5) is 20.8. The minimum Gasteiger partial charge on any atom is -0.337 e. The second-order valence-corrected chi connectivity index (χ2v) is 9.32. The van der Waals surface area contributed by atoms with Gasteiger partial charge >= 0.3 is 0 Å². The average molecular weight is 486 g/mol. The van der Waals surface area contributed by atoms with Gasteiger partial charge in [0.1, 0.15) is 11.6 Å². The van der Waals surface area contributed by atoms with Gasteiger partial charge < -0.3 is 16.0 Å². The van der Waals surface area contributed by atoms with Crippen molar-refractivity contribution in [2.75, 3.05) is 16.0 Å². The lowest BCUT2D eigenvalue weighted by Crippen LogP contribution is -2.10. The van der Waals surface area contributed by atoms with Crippen LogP contribution >= 0.6 is 0 Å². The van der Waals surface area contributed by atoms with Crippen molar-refractivity contribution < 1.29 is 9.18 Å². The van der Waals surface area contributed by atoms with E-state index in [-0.39, 0.29) is 11.1 Å². The van der Waals surface area contributed by atoms with E-state index in [0.29, 0.717) is 28.7 Å². The van der Waals surface area contributed by atoms with Crippen molar-refractivity contribution in [2.45, 2.75) is 26.2 Å². The first-order chi connectivity index (χ1) is 17.1. The van der Waals surface area contributed by atoms with Gasteiger partial charge in [0.05, 0.1) is 17.6 Å². The number of rotatable bonds is 7. The van der Waals surface area contributed by atoms with E-state index in [0.717, 1.165) is 11.6 Å². The number of carbonyl (C=O) groups is 1. The Kier molecular flexibility index (Phi) is 6.82. The molecule has 2 heterocycles. The molecule has 4 aromatic rings. The third kappa shape index (κ3) is 5.75. The summed E-state index contributed by atoms with van der Waals surface area (Å²) in [6, 6.07) is 12.4. The average Bonchev–Trinajstić information content (AvgIpc) is 3.25. The minimum absolute atomic E-state index is 0.00699. The molecule has 0 aliphatic rings. The van der Waals surface area contributed by atoms with Gasteiger partial charge in [-0.25, -0.2) is 9.37 Å². The maximum absolute atomic E-state index is 14.8. The summed E-state index contributed by atoms with van der Waals surface area (Å²) < 4.78 is 16.4. The van der Waals surface area contributed by atoms with Crippen LogP contribution in [0.4, 0.5) is 33.2 Å². The molecule has 8 nitrogen and oxygen atoms in total. The van der Waals surface area contributed by atoms with Crippen LogP contribution in [0.25, 0.3) is 11.1 Å². The van der Waals surface area contributed by atoms with Crippen LogP contribution in [0, 0.1) is 5.82 Å². The van der Waals surface area contributed by atoms with E-state index in [9.17, 15) is 9.18 Å². The number of carbonyl (C=O) groups excluding carboxylic acids is 1. The molecular weight excluding hydrogens is 457 g/mol. The second-order valence-electron chi connectivity index (χ2n) is 9.32. The Morgan fingerprint density at radius 3 is 2.44 bits per heavy atom. The number of anilines is 5. The lowest BCUT2D eigenvalue weighted by atomic mass is 9.86. The number of amides is 1. The Hall–Kier alpha value is -4.53. The second kappa shape index (κ2) is 9.99. The minimum atomic E-state index is -0.499. The molecule has 3 N–H and O–H groups in total. The highest BCUT2D eigenvalue weighted by atomic mass is 19.1. The number of aromatic nitrogens is 4. The maximum Gasteiger partial charge on any atom is 0.247 e. The predicted octanol–water partition coefficient (Wildman–Crippen LogP) is 5.93. The molecule has 0 bridgehead atoms. The fraction of sp³-hybridized carbons (Fsp3) is 0.185. The number of benzene rings is 2. The van der Waals surface area contributed by atoms with E-state index in [2.05, 4.69) is 70.5 Å². The van der Waals surface area contributed by atoms with Crippen LogP contribution in [0.1, 0.15) is 26.3 Å². The lowest BCUT2D eigenvalue weighted by molar-refractivity contribution is -0.111. The van der Waals surface area contributed by atoms with Crippen LogP contribution < -0.4 is 16.0 Å². The van der Waals surface area contributed by atoms with E-state index >= 15 is 0 Å². The third-order valence-electron chi connectivity index (χ3n) is 5.48. The van der Waals surface area contributed by atoms with Gasteiger partial charge in [-0.05, 0) is 40.8 Å². The van der Waals surface area contributed by atoms with Crippen LogP contribution in [0.5, 0.6) is 0 Å². The SMILES string of the molecule is C=CC(=O)Nc1ccc(F)c(Nc2nc(Nc3cnn(C)c3)ncc2-c2ccc(C(C)(C)C)cc2)c1. The Balaban J connectivity index is 1.74. The zero-order chi connectivity index (χ0) is 25.9. The van der Waals surface area contributed by atoms with E-state index in [1.165, 1.54) is 23.8 Å². The summed E-state index contributed by atoms with van der Waals surface area (Å²) >= 11 is 0. The van der Waals surface area contributed by atoms with E-state index in [1.54, 1.807) is 23.3 Å². The molecule has 0 atom stereocenters. The van der Waals surface area contributed by atoms with Crippen molar-refractivity contribution in [3.05, 3.63) is 85.1 Å². The Labute approximate surface area is 209 Å². The molecule has 0 fully saturated rings. The van der Waals surface area contributed by atoms with Gasteiger partial charge in [0, 0.05) is 30.7 Å². The molecule has 0 unspecified atom stereocenters. The van der Waals surface area contributed by atoms with Gasteiger partial charge in [-0.3, -0.25) is 9.48 Å². The molecule has 0 saturated carbocycles. The fourth-order valence-electron chi connectivity index (χ4n) is 3.53. The van der Waals surface area contributed by atoms with Crippen molar-refractivity contribution in [1.82, 2.24) is 19.7 Å². The quantitative estimate of drug-likeness (QED) is 0.281. The fourth-order valence-corrected chi connectivity index (χ4v) is 3.53. The van der Waals surface area contributed by atoms with Crippen molar-refractivity contribution in [3.8, 4) is 11.1 Å². The summed E-state index contributed by atoms with van der Waals surface area (Å²) in [5.41, 5.74) is 4.03. The molecule has 184 valence electrons. The Morgan fingerprint density at radius 2 is 1.81 bits per heavy atom. The molecular formula is C27H28FN7O. The summed E-state index contributed by atoms with van der Waals surface area (Å²) in [5.74, 6) is -0.179. The van der Waals surface area contributed by atoms with Gasteiger partial charge in [0.15, 0.2) is 0 Å².